The number of amides is 1. The highest BCUT2D eigenvalue weighted by Crippen LogP contribution is 2.25. The predicted molar refractivity (Wildman–Crippen MR) is 127 cm³/mol. The van der Waals surface area contributed by atoms with Crippen LogP contribution in [0.3, 0.4) is 0 Å². The Hall–Kier alpha value is -2.13. The summed E-state index contributed by atoms with van der Waals surface area (Å²) < 4.78 is 31.6. The number of ether oxygens (including phenoxy) is 1. The van der Waals surface area contributed by atoms with Crippen LogP contribution in [0.15, 0.2) is 48.5 Å². The normalized spacial score (nSPS) is 15.8. The van der Waals surface area contributed by atoms with Crippen LogP contribution in [0, 0.1) is 0 Å². The zero-order valence-corrected chi connectivity index (χ0v) is 20.0. The summed E-state index contributed by atoms with van der Waals surface area (Å²) in [7, 11) is -3.70. The van der Waals surface area contributed by atoms with E-state index < -0.39 is 16.1 Å². The summed E-state index contributed by atoms with van der Waals surface area (Å²) in [5.74, 6) is -0.350. The molecule has 0 radical (unpaired) electrons. The number of anilines is 1. The summed E-state index contributed by atoms with van der Waals surface area (Å²) in [6.07, 6.45) is 1.42. The largest absolute Gasteiger partial charge is 0.379 e. The number of benzene rings is 2. The maximum Gasteiger partial charge on any atom is 0.244 e. The Kier molecular flexibility index (Phi) is 8.53. The first-order chi connectivity index (χ1) is 15.3. The van der Waals surface area contributed by atoms with Crippen LogP contribution in [-0.2, 0) is 32.6 Å². The van der Waals surface area contributed by atoms with E-state index in [0.717, 1.165) is 49.0 Å². The molecule has 2 aromatic rings. The van der Waals surface area contributed by atoms with Crippen LogP contribution in [0.1, 0.15) is 24.5 Å². The van der Waals surface area contributed by atoms with Gasteiger partial charge < -0.3 is 10.1 Å². The standard InChI is InChI=1S/C23H30ClN3O4S/c1-3-22(27(32(2,29)30)21-9-5-8-20(24)15-21)23(28)25-16-18-6-4-7-19(14-18)17-26-10-12-31-13-11-26/h4-9,14-15,22H,3,10-13,16-17H2,1-2H3,(H,25,28)/t22-/m1/s1. The van der Waals surface area contributed by atoms with Crippen molar-refractivity contribution in [3.63, 3.8) is 0 Å². The van der Waals surface area contributed by atoms with Crippen LogP contribution >= 0.6 is 11.6 Å². The van der Waals surface area contributed by atoms with E-state index >= 15 is 0 Å². The Labute approximate surface area is 195 Å². The second-order valence-corrected chi connectivity index (χ2v) is 10.2. The third-order valence-corrected chi connectivity index (χ3v) is 6.78. The molecule has 1 aliphatic rings. The highest BCUT2D eigenvalue weighted by Gasteiger charge is 2.31. The maximum atomic E-state index is 13.0. The smallest absolute Gasteiger partial charge is 0.244 e. The van der Waals surface area contributed by atoms with E-state index in [1.54, 1.807) is 31.2 Å². The van der Waals surface area contributed by atoms with Crippen molar-refractivity contribution in [1.82, 2.24) is 10.2 Å². The molecule has 1 atom stereocenters. The minimum absolute atomic E-state index is 0.319. The molecule has 0 aliphatic carbocycles. The van der Waals surface area contributed by atoms with Gasteiger partial charge >= 0.3 is 0 Å². The Morgan fingerprint density at radius 1 is 1.16 bits per heavy atom. The molecule has 0 bridgehead atoms. The molecule has 32 heavy (non-hydrogen) atoms. The minimum Gasteiger partial charge on any atom is -0.379 e. The molecule has 7 nitrogen and oxygen atoms in total. The summed E-state index contributed by atoms with van der Waals surface area (Å²) in [5, 5.41) is 3.31. The Balaban J connectivity index is 1.70. The van der Waals surface area contributed by atoms with Crippen LogP contribution in [0.4, 0.5) is 5.69 Å². The molecule has 1 saturated heterocycles. The fraction of sp³-hybridized carbons (Fsp3) is 0.435. The SMILES string of the molecule is CC[C@H](C(=O)NCc1cccc(CN2CCOCC2)c1)N(c1cccc(Cl)c1)S(C)(=O)=O. The average Bonchev–Trinajstić information content (AvgIpc) is 2.76. The van der Waals surface area contributed by atoms with Crippen molar-refractivity contribution < 1.29 is 17.9 Å². The quantitative estimate of drug-likeness (QED) is 0.598. The number of hydrogen-bond acceptors (Lipinski definition) is 5. The van der Waals surface area contributed by atoms with Crippen LogP contribution in [-0.4, -0.2) is 57.8 Å². The summed E-state index contributed by atoms with van der Waals surface area (Å²) >= 11 is 6.06. The zero-order valence-electron chi connectivity index (χ0n) is 18.5. The lowest BCUT2D eigenvalue weighted by Gasteiger charge is -2.30. The molecule has 1 aliphatic heterocycles. The van der Waals surface area contributed by atoms with E-state index in [1.165, 1.54) is 5.56 Å². The molecule has 3 rings (SSSR count). The van der Waals surface area contributed by atoms with E-state index in [9.17, 15) is 13.2 Å². The Bertz CT molecular complexity index is 1030. The number of rotatable bonds is 9. The van der Waals surface area contributed by atoms with Gasteiger partial charge in [-0.25, -0.2) is 8.42 Å². The van der Waals surface area contributed by atoms with Crippen molar-refractivity contribution in [1.29, 1.82) is 0 Å². The topological polar surface area (TPSA) is 79.0 Å². The van der Waals surface area contributed by atoms with E-state index in [4.69, 9.17) is 16.3 Å². The molecule has 2 aromatic carbocycles. The molecular weight excluding hydrogens is 450 g/mol. The third-order valence-electron chi connectivity index (χ3n) is 5.36. The molecule has 1 N–H and O–H groups in total. The second kappa shape index (κ2) is 11.1. The molecule has 0 unspecified atom stereocenters. The highest BCUT2D eigenvalue weighted by atomic mass is 35.5. The van der Waals surface area contributed by atoms with Crippen molar-refractivity contribution in [3.8, 4) is 0 Å². The Morgan fingerprint density at radius 3 is 2.50 bits per heavy atom. The number of morpholine rings is 1. The van der Waals surface area contributed by atoms with Crippen molar-refractivity contribution in [2.24, 2.45) is 0 Å². The fourth-order valence-electron chi connectivity index (χ4n) is 3.84. The molecule has 9 heteroatoms. The first kappa shape index (κ1) is 24.5. The van der Waals surface area contributed by atoms with Crippen molar-refractivity contribution in [3.05, 3.63) is 64.7 Å². The summed E-state index contributed by atoms with van der Waals surface area (Å²) in [6.45, 7) is 6.25. The van der Waals surface area contributed by atoms with Gasteiger partial charge in [0.15, 0.2) is 0 Å². The third kappa shape index (κ3) is 6.68. The number of carbonyl (C=O) groups is 1. The van der Waals surface area contributed by atoms with Crippen LogP contribution in [0.2, 0.25) is 5.02 Å². The maximum absolute atomic E-state index is 13.0. The average molecular weight is 480 g/mol. The van der Waals surface area contributed by atoms with Crippen LogP contribution in [0.25, 0.3) is 0 Å². The lowest BCUT2D eigenvalue weighted by Crippen LogP contribution is -2.49. The van der Waals surface area contributed by atoms with Crippen LogP contribution in [0.5, 0.6) is 0 Å². The molecule has 0 saturated carbocycles. The molecular formula is C23H30ClN3O4S. The van der Waals surface area contributed by atoms with E-state index in [2.05, 4.69) is 22.3 Å². The lowest BCUT2D eigenvalue weighted by atomic mass is 10.1. The van der Waals surface area contributed by atoms with Crippen LogP contribution < -0.4 is 9.62 Å². The van der Waals surface area contributed by atoms with Crippen molar-refractivity contribution in [2.75, 3.05) is 36.9 Å². The summed E-state index contributed by atoms with van der Waals surface area (Å²) in [4.78, 5) is 15.4. The van der Waals surface area contributed by atoms with E-state index in [0.29, 0.717) is 23.7 Å². The van der Waals surface area contributed by atoms with E-state index in [-0.39, 0.29) is 5.91 Å². The van der Waals surface area contributed by atoms with Gasteiger partial charge in [0.25, 0.3) is 0 Å². The predicted octanol–water partition coefficient (Wildman–Crippen LogP) is 3.03. The van der Waals surface area contributed by atoms with Gasteiger partial charge in [-0.05, 0) is 35.7 Å². The summed E-state index contributed by atoms with van der Waals surface area (Å²) in [6, 6.07) is 13.7. The molecule has 1 amide bonds. The van der Waals surface area contributed by atoms with Crippen molar-refractivity contribution in [2.45, 2.75) is 32.5 Å². The molecule has 1 fully saturated rings. The number of halogens is 1. The van der Waals surface area contributed by atoms with Gasteiger partial charge in [0.2, 0.25) is 15.9 Å². The second-order valence-electron chi connectivity index (χ2n) is 7.89. The molecule has 1 heterocycles. The monoisotopic (exact) mass is 479 g/mol. The molecule has 0 aromatic heterocycles. The first-order valence-electron chi connectivity index (χ1n) is 10.7. The number of nitrogens with one attached hydrogen (secondary N) is 1. The van der Waals surface area contributed by atoms with Crippen molar-refractivity contribution >= 4 is 33.2 Å². The van der Waals surface area contributed by atoms with Gasteiger partial charge in [0.05, 0.1) is 25.2 Å². The van der Waals surface area contributed by atoms with E-state index in [1.807, 2.05) is 12.1 Å². The molecule has 174 valence electrons. The minimum atomic E-state index is -3.70. The van der Waals surface area contributed by atoms with Gasteiger partial charge in [-0.15, -0.1) is 0 Å². The van der Waals surface area contributed by atoms with Gasteiger partial charge in [-0.1, -0.05) is 48.9 Å². The number of hydrogen-bond donors (Lipinski definition) is 1. The van der Waals surface area contributed by atoms with Gasteiger partial charge in [-0.3, -0.25) is 14.0 Å². The number of nitrogens with zero attached hydrogens (tertiary/aromatic N) is 2. The fourth-order valence-corrected chi connectivity index (χ4v) is 5.22. The Morgan fingerprint density at radius 2 is 1.84 bits per heavy atom. The number of carbonyl (C=O) groups excluding carboxylic acids is 1. The first-order valence-corrected chi connectivity index (χ1v) is 12.9. The lowest BCUT2D eigenvalue weighted by molar-refractivity contribution is -0.122. The zero-order chi connectivity index (χ0) is 23.1. The number of sulfonamides is 1. The molecule has 0 spiro atoms. The van der Waals surface area contributed by atoms with Gasteiger partial charge in [0, 0.05) is 31.2 Å². The van der Waals surface area contributed by atoms with Gasteiger partial charge in [-0.2, -0.15) is 0 Å². The van der Waals surface area contributed by atoms with Gasteiger partial charge in [0.1, 0.15) is 6.04 Å². The summed E-state index contributed by atoms with van der Waals surface area (Å²) in [5.41, 5.74) is 2.50. The highest BCUT2D eigenvalue weighted by molar-refractivity contribution is 7.92.